The van der Waals surface area contributed by atoms with Crippen molar-refractivity contribution in [2.75, 3.05) is 39.3 Å². The van der Waals surface area contributed by atoms with Crippen molar-refractivity contribution >= 4 is 5.91 Å². The van der Waals surface area contributed by atoms with Crippen LogP contribution in [-0.2, 0) is 0 Å². The summed E-state index contributed by atoms with van der Waals surface area (Å²) in [5.41, 5.74) is 5.48. The average Bonchev–Trinajstić information content (AvgIpc) is 2.45. The molecule has 1 aromatic rings. The maximum atomic E-state index is 13.7. The van der Waals surface area contributed by atoms with E-state index >= 15 is 0 Å². The molecule has 6 heteroatoms. The van der Waals surface area contributed by atoms with Gasteiger partial charge in [-0.1, -0.05) is 0 Å². The molecule has 1 fully saturated rings. The molecule has 20 heavy (non-hydrogen) atoms. The highest BCUT2D eigenvalue weighted by Crippen LogP contribution is 2.17. The lowest BCUT2D eigenvalue weighted by Gasteiger charge is -2.34. The molecule has 2 rings (SSSR count). The summed E-state index contributed by atoms with van der Waals surface area (Å²) < 4.78 is 13.7. The lowest BCUT2D eigenvalue weighted by Crippen LogP contribution is -2.49. The predicted molar refractivity (Wildman–Crippen MR) is 74.1 cm³/mol. The van der Waals surface area contributed by atoms with Crippen LogP contribution in [0.2, 0.25) is 0 Å². The number of carbonyl (C=O) groups excluding carboxylic acids is 1. The van der Waals surface area contributed by atoms with Gasteiger partial charge in [-0.15, -0.1) is 0 Å². The molecule has 0 saturated carbocycles. The quantitative estimate of drug-likeness (QED) is 0.849. The minimum Gasteiger partial charge on any atom is -0.508 e. The van der Waals surface area contributed by atoms with E-state index in [-0.39, 0.29) is 17.2 Å². The zero-order valence-electron chi connectivity index (χ0n) is 11.4. The van der Waals surface area contributed by atoms with Gasteiger partial charge in [-0.2, -0.15) is 0 Å². The number of hydrogen-bond acceptors (Lipinski definition) is 4. The number of nitrogens with zero attached hydrogens (tertiary/aromatic N) is 2. The summed E-state index contributed by atoms with van der Waals surface area (Å²) >= 11 is 0. The van der Waals surface area contributed by atoms with E-state index in [2.05, 4.69) is 4.90 Å². The number of carbonyl (C=O) groups is 1. The Labute approximate surface area is 117 Å². The predicted octanol–water partition coefficient (Wildman–Crippen LogP) is 0.638. The standard InChI is InChI=1S/C14H20FN3O2/c15-13-10-11(19)2-3-12(13)14(20)18-8-6-17(7-9-18)5-1-4-16/h2-3,10,19H,1,4-9,16H2. The minimum absolute atomic E-state index is 0.0122. The summed E-state index contributed by atoms with van der Waals surface area (Å²) in [6.07, 6.45) is 0.945. The van der Waals surface area contributed by atoms with Crippen molar-refractivity contribution in [2.24, 2.45) is 5.73 Å². The number of phenolic OH excluding ortho intramolecular Hbond substituents is 1. The Morgan fingerprint density at radius 2 is 2.00 bits per heavy atom. The second-order valence-corrected chi connectivity index (χ2v) is 4.94. The highest BCUT2D eigenvalue weighted by Gasteiger charge is 2.23. The molecular weight excluding hydrogens is 261 g/mol. The maximum absolute atomic E-state index is 13.7. The van der Waals surface area contributed by atoms with Crippen molar-refractivity contribution in [1.82, 2.24) is 9.80 Å². The highest BCUT2D eigenvalue weighted by molar-refractivity contribution is 5.94. The summed E-state index contributed by atoms with van der Waals surface area (Å²) in [6.45, 7) is 4.34. The lowest BCUT2D eigenvalue weighted by atomic mass is 10.1. The third-order valence-corrected chi connectivity index (χ3v) is 3.52. The first kappa shape index (κ1) is 14.7. The molecule has 0 bridgehead atoms. The molecule has 1 heterocycles. The van der Waals surface area contributed by atoms with Gasteiger partial charge in [0.05, 0.1) is 5.56 Å². The van der Waals surface area contributed by atoms with E-state index in [0.717, 1.165) is 32.1 Å². The molecule has 3 N–H and O–H groups in total. The molecule has 0 radical (unpaired) electrons. The van der Waals surface area contributed by atoms with Crippen molar-refractivity contribution in [3.05, 3.63) is 29.6 Å². The fourth-order valence-corrected chi connectivity index (χ4v) is 2.34. The second-order valence-electron chi connectivity index (χ2n) is 4.94. The molecule has 1 aliphatic rings. The SMILES string of the molecule is NCCCN1CCN(C(=O)c2ccc(O)cc2F)CC1. The number of phenols is 1. The van der Waals surface area contributed by atoms with E-state index in [9.17, 15) is 9.18 Å². The largest absolute Gasteiger partial charge is 0.508 e. The number of nitrogens with two attached hydrogens (primary N) is 1. The topological polar surface area (TPSA) is 69.8 Å². The number of halogens is 1. The van der Waals surface area contributed by atoms with Crippen molar-refractivity contribution < 1.29 is 14.3 Å². The van der Waals surface area contributed by atoms with E-state index in [1.807, 2.05) is 0 Å². The Balaban J connectivity index is 1.94. The van der Waals surface area contributed by atoms with Crippen LogP contribution in [0.5, 0.6) is 5.75 Å². The van der Waals surface area contributed by atoms with Gasteiger partial charge in [-0.25, -0.2) is 4.39 Å². The minimum atomic E-state index is -0.680. The van der Waals surface area contributed by atoms with Gasteiger partial charge < -0.3 is 15.7 Å². The van der Waals surface area contributed by atoms with Crippen LogP contribution in [0.15, 0.2) is 18.2 Å². The molecule has 0 unspecified atom stereocenters. The summed E-state index contributed by atoms with van der Waals surface area (Å²) in [4.78, 5) is 16.1. The Hall–Kier alpha value is -1.66. The van der Waals surface area contributed by atoms with E-state index in [1.165, 1.54) is 12.1 Å². The van der Waals surface area contributed by atoms with Crippen LogP contribution >= 0.6 is 0 Å². The van der Waals surface area contributed by atoms with Crippen molar-refractivity contribution in [2.45, 2.75) is 6.42 Å². The highest BCUT2D eigenvalue weighted by atomic mass is 19.1. The van der Waals surface area contributed by atoms with Gasteiger partial charge in [-0.3, -0.25) is 9.69 Å². The molecule has 0 aromatic heterocycles. The molecule has 0 aliphatic carbocycles. The molecule has 1 aromatic carbocycles. The van der Waals surface area contributed by atoms with E-state index in [1.54, 1.807) is 4.90 Å². The van der Waals surface area contributed by atoms with Crippen LogP contribution in [0.1, 0.15) is 16.8 Å². The Kier molecular flexibility index (Phi) is 4.92. The number of benzene rings is 1. The van der Waals surface area contributed by atoms with E-state index in [4.69, 9.17) is 10.8 Å². The molecule has 1 aliphatic heterocycles. The van der Waals surface area contributed by atoms with Crippen molar-refractivity contribution in [3.8, 4) is 5.75 Å². The third kappa shape index (κ3) is 3.46. The Morgan fingerprint density at radius 3 is 2.60 bits per heavy atom. The Bertz CT molecular complexity index is 473. The lowest BCUT2D eigenvalue weighted by molar-refractivity contribution is 0.0632. The maximum Gasteiger partial charge on any atom is 0.256 e. The number of aromatic hydroxyl groups is 1. The number of rotatable bonds is 4. The van der Waals surface area contributed by atoms with Crippen LogP contribution in [0.25, 0.3) is 0 Å². The van der Waals surface area contributed by atoms with Crippen molar-refractivity contribution in [3.63, 3.8) is 0 Å². The summed E-state index contributed by atoms with van der Waals surface area (Å²) in [5, 5.41) is 9.16. The van der Waals surface area contributed by atoms with Crippen LogP contribution < -0.4 is 5.73 Å². The zero-order valence-corrected chi connectivity index (χ0v) is 11.4. The van der Waals surface area contributed by atoms with Crippen LogP contribution in [0.4, 0.5) is 4.39 Å². The van der Waals surface area contributed by atoms with Gasteiger partial charge >= 0.3 is 0 Å². The Morgan fingerprint density at radius 1 is 1.30 bits per heavy atom. The summed E-state index contributed by atoms with van der Waals surface area (Å²) in [5.74, 6) is -1.17. The first-order chi connectivity index (χ1) is 9.61. The number of hydrogen-bond donors (Lipinski definition) is 2. The monoisotopic (exact) mass is 281 g/mol. The first-order valence-corrected chi connectivity index (χ1v) is 6.82. The third-order valence-electron chi connectivity index (χ3n) is 3.52. The van der Waals surface area contributed by atoms with Crippen LogP contribution in [0, 0.1) is 5.82 Å². The van der Waals surface area contributed by atoms with E-state index < -0.39 is 5.82 Å². The first-order valence-electron chi connectivity index (χ1n) is 6.82. The smallest absolute Gasteiger partial charge is 0.256 e. The van der Waals surface area contributed by atoms with Gasteiger partial charge in [-0.05, 0) is 31.6 Å². The summed E-state index contributed by atoms with van der Waals surface area (Å²) in [6, 6.07) is 3.62. The van der Waals surface area contributed by atoms with Crippen molar-refractivity contribution in [1.29, 1.82) is 0 Å². The van der Waals surface area contributed by atoms with E-state index in [0.29, 0.717) is 19.6 Å². The fraction of sp³-hybridized carbons (Fsp3) is 0.500. The molecule has 5 nitrogen and oxygen atoms in total. The van der Waals surface area contributed by atoms with Gasteiger partial charge in [0.25, 0.3) is 5.91 Å². The second kappa shape index (κ2) is 6.67. The van der Waals surface area contributed by atoms with Gasteiger partial charge in [0.2, 0.25) is 0 Å². The summed E-state index contributed by atoms with van der Waals surface area (Å²) in [7, 11) is 0. The fourth-order valence-electron chi connectivity index (χ4n) is 2.34. The number of amides is 1. The van der Waals surface area contributed by atoms with Gasteiger partial charge in [0.15, 0.2) is 0 Å². The normalized spacial score (nSPS) is 16.4. The van der Waals surface area contributed by atoms with Crippen LogP contribution in [-0.4, -0.2) is 60.1 Å². The van der Waals surface area contributed by atoms with Gasteiger partial charge in [0.1, 0.15) is 11.6 Å². The molecule has 0 atom stereocenters. The number of piperazine rings is 1. The molecular formula is C14H20FN3O2. The van der Waals surface area contributed by atoms with Gasteiger partial charge in [0, 0.05) is 32.2 Å². The average molecular weight is 281 g/mol. The zero-order chi connectivity index (χ0) is 14.5. The molecule has 1 saturated heterocycles. The molecule has 1 amide bonds. The molecule has 110 valence electrons. The van der Waals surface area contributed by atoms with Crippen LogP contribution in [0.3, 0.4) is 0 Å². The molecule has 0 spiro atoms.